The summed E-state index contributed by atoms with van der Waals surface area (Å²) in [5.41, 5.74) is 6.36. The summed E-state index contributed by atoms with van der Waals surface area (Å²) in [6, 6.07) is 1.58. The molecule has 0 fully saturated rings. The first kappa shape index (κ1) is 11.2. The van der Waals surface area contributed by atoms with Crippen molar-refractivity contribution in [3.8, 4) is 11.5 Å². The predicted octanol–water partition coefficient (Wildman–Crippen LogP) is 1.29. The topological polar surface area (TPSA) is 81.8 Å². The van der Waals surface area contributed by atoms with E-state index >= 15 is 0 Å². The zero-order valence-electron chi connectivity index (χ0n) is 8.83. The van der Waals surface area contributed by atoms with Crippen LogP contribution in [0.2, 0.25) is 0 Å². The summed E-state index contributed by atoms with van der Waals surface area (Å²) >= 11 is 0. The van der Waals surface area contributed by atoms with Crippen molar-refractivity contribution in [3.05, 3.63) is 17.2 Å². The zero-order valence-corrected chi connectivity index (χ0v) is 8.83. The number of aromatic carboxylic acids is 1. The molecule has 0 atom stereocenters. The van der Waals surface area contributed by atoms with Gasteiger partial charge in [0.1, 0.15) is 0 Å². The quantitative estimate of drug-likeness (QED) is 0.736. The highest BCUT2D eigenvalue weighted by atomic mass is 16.5. The molecule has 0 bridgehead atoms. The Kier molecular flexibility index (Phi) is 3.04. The third kappa shape index (κ3) is 1.81. The lowest BCUT2D eigenvalue weighted by atomic mass is 10.1. The fourth-order valence-corrected chi connectivity index (χ4v) is 1.44. The van der Waals surface area contributed by atoms with E-state index in [1.54, 1.807) is 13.0 Å². The van der Waals surface area contributed by atoms with Crippen LogP contribution in [-0.2, 0) is 0 Å². The van der Waals surface area contributed by atoms with Crippen LogP contribution in [-0.4, -0.2) is 25.3 Å². The molecule has 0 aromatic heterocycles. The summed E-state index contributed by atoms with van der Waals surface area (Å²) in [4.78, 5) is 10.9. The van der Waals surface area contributed by atoms with Gasteiger partial charge in [0.05, 0.1) is 25.5 Å². The van der Waals surface area contributed by atoms with E-state index in [1.807, 2.05) is 0 Å². The van der Waals surface area contributed by atoms with Gasteiger partial charge >= 0.3 is 5.97 Å². The van der Waals surface area contributed by atoms with Crippen molar-refractivity contribution in [1.29, 1.82) is 0 Å². The molecule has 5 nitrogen and oxygen atoms in total. The molecule has 0 aliphatic carbocycles. The van der Waals surface area contributed by atoms with Crippen molar-refractivity contribution in [2.24, 2.45) is 0 Å². The molecule has 0 saturated heterocycles. The Bertz CT molecular complexity index is 401. The number of carboxylic acids is 1. The van der Waals surface area contributed by atoms with Crippen LogP contribution in [0.1, 0.15) is 15.9 Å². The van der Waals surface area contributed by atoms with Gasteiger partial charge < -0.3 is 20.3 Å². The number of carboxylic acid groups (broad SMARTS) is 1. The van der Waals surface area contributed by atoms with E-state index in [0.29, 0.717) is 11.3 Å². The number of aryl methyl sites for hydroxylation is 1. The Labute approximate surface area is 87.4 Å². The Hall–Kier alpha value is -1.91. The first-order valence-corrected chi connectivity index (χ1v) is 4.27. The number of methoxy groups -OCH3 is 2. The molecule has 5 heteroatoms. The van der Waals surface area contributed by atoms with E-state index in [4.69, 9.17) is 20.3 Å². The Morgan fingerprint density at radius 1 is 1.40 bits per heavy atom. The van der Waals surface area contributed by atoms with Gasteiger partial charge in [0.2, 0.25) is 0 Å². The zero-order chi connectivity index (χ0) is 11.6. The van der Waals surface area contributed by atoms with Crippen molar-refractivity contribution in [3.63, 3.8) is 0 Å². The summed E-state index contributed by atoms with van der Waals surface area (Å²) in [5, 5.41) is 8.95. The van der Waals surface area contributed by atoms with E-state index < -0.39 is 5.97 Å². The minimum atomic E-state index is -1.08. The molecule has 1 rings (SSSR count). The van der Waals surface area contributed by atoms with Gasteiger partial charge in [0.15, 0.2) is 11.5 Å². The van der Waals surface area contributed by atoms with Gasteiger partial charge in [-0.1, -0.05) is 0 Å². The molecule has 15 heavy (non-hydrogen) atoms. The molecule has 0 spiro atoms. The van der Waals surface area contributed by atoms with Crippen LogP contribution in [0.4, 0.5) is 5.69 Å². The maximum atomic E-state index is 10.9. The van der Waals surface area contributed by atoms with Gasteiger partial charge in [0.25, 0.3) is 0 Å². The van der Waals surface area contributed by atoms with Gasteiger partial charge in [-0.3, -0.25) is 0 Å². The number of ether oxygens (including phenoxy) is 2. The second kappa shape index (κ2) is 4.08. The third-order valence-corrected chi connectivity index (χ3v) is 2.12. The van der Waals surface area contributed by atoms with Crippen molar-refractivity contribution in [1.82, 2.24) is 0 Å². The highest BCUT2D eigenvalue weighted by Gasteiger charge is 2.19. The molecule has 1 aromatic carbocycles. The standard InChI is InChI=1S/C10H13NO4/c1-5-4-6(14-2)9(15-3)8(11)7(5)10(12)13/h4H,11H2,1-3H3,(H,12,13). The van der Waals surface area contributed by atoms with Crippen molar-refractivity contribution in [2.45, 2.75) is 6.92 Å². The molecular formula is C10H13NO4. The molecule has 82 valence electrons. The number of benzene rings is 1. The molecule has 0 radical (unpaired) electrons. The molecule has 0 aliphatic heterocycles. The molecular weight excluding hydrogens is 198 g/mol. The minimum absolute atomic E-state index is 0.0488. The van der Waals surface area contributed by atoms with Gasteiger partial charge in [-0.05, 0) is 18.6 Å². The molecule has 3 N–H and O–H groups in total. The van der Waals surface area contributed by atoms with Crippen LogP contribution >= 0.6 is 0 Å². The van der Waals surface area contributed by atoms with Crippen molar-refractivity contribution >= 4 is 11.7 Å². The lowest BCUT2D eigenvalue weighted by molar-refractivity contribution is 0.0697. The summed E-state index contributed by atoms with van der Waals surface area (Å²) < 4.78 is 10.0. The number of rotatable bonds is 3. The lowest BCUT2D eigenvalue weighted by Gasteiger charge is -2.14. The summed E-state index contributed by atoms with van der Waals surface area (Å²) in [6.45, 7) is 1.65. The fourth-order valence-electron chi connectivity index (χ4n) is 1.44. The second-order valence-corrected chi connectivity index (χ2v) is 3.02. The number of carbonyl (C=O) groups is 1. The molecule has 0 amide bonds. The van der Waals surface area contributed by atoms with Gasteiger partial charge in [-0.15, -0.1) is 0 Å². The lowest BCUT2D eigenvalue weighted by Crippen LogP contribution is -2.08. The maximum Gasteiger partial charge on any atom is 0.338 e. The average Bonchev–Trinajstić information content (AvgIpc) is 2.16. The first-order valence-electron chi connectivity index (χ1n) is 4.27. The number of nitrogens with two attached hydrogens (primary N) is 1. The van der Waals surface area contributed by atoms with E-state index in [9.17, 15) is 4.79 Å². The van der Waals surface area contributed by atoms with Gasteiger partial charge in [-0.25, -0.2) is 4.79 Å². The van der Waals surface area contributed by atoms with Crippen molar-refractivity contribution in [2.75, 3.05) is 20.0 Å². The maximum absolute atomic E-state index is 10.9. The van der Waals surface area contributed by atoms with Crippen molar-refractivity contribution < 1.29 is 19.4 Å². The van der Waals surface area contributed by atoms with Crippen LogP contribution in [0, 0.1) is 6.92 Å². The molecule has 0 unspecified atom stereocenters. The number of anilines is 1. The van der Waals surface area contributed by atoms with E-state index in [-0.39, 0.29) is 17.0 Å². The Balaban J connectivity index is 3.51. The smallest absolute Gasteiger partial charge is 0.338 e. The Morgan fingerprint density at radius 2 is 2.00 bits per heavy atom. The predicted molar refractivity (Wildman–Crippen MR) is 55.7 cm³/mol. The first-order chi connectivity index (χ1) is 7.02. The van der Waals surface area contributed by atoms with Crippen LogP contribution in [0.3, 0.4) is 0 Å². The van der Waals surface area contributed by atoms with Crippen LogP contribution in [0.5, 0.6) is 11.5 Å². The number of hydrogen-bond donors (Lipinski definition) is 2. The highest BCUT2D eigenvalue weighted by molar-refractivity contribution is 5.97. The molecule has 1 aromatic rings. The van der Waals surface area contributed by atoms with E-state index in [2.05, 4.69) is 0 Å². The van der Waals surface area contributed by atoms with Crippen LogP contribution in [0.25, 0.3) is 0 Å². The average molecular weight is 211 g/mol. The highest BCUT2D eigenvalue weighted by Crippen LogP contribution is 2.37. The minimum Gasteiger partial charge on any atom is -0.493 e. The second-order valence-electron chi connectivity index (χ2n) is 3.02. The van der Waals surface area contributed by atoms with Gasteiger partial charge in [-0.2, -0.15) is 0 Å². The third-order valence-electron chi connectivity index (χ3n) is 2.12. The van der Waals surface area contributed by atoms with Crippen LogP contribution < -0.4 is 15.2 Å². The van der Waals surface area contributed by atoms with Gasteiger partial charge in [0, 0.05) is 0 Å². The number of nitrogen functional groups attached to an aromatic ring is 1. The fraction of sp³-hybridized carbons (Fsp3) is 0.300. The monoisotopic (exact) mass is 211 g/mol. The normalized spacial score (nSPS) is 9.80. The van der Waals surface area contributed by atoms with Crippen LogP contribution in [0.15, 0.2) is 6.07 Å². The van der Waals surface area contributed by atoms with E-state index in [0.717, 1.165) is 0 Å². The Morgan fingerprint density at radius 3 is 2.40 bits per heavy atom. The van der Waals surface area contributed by atoms with E-state index in [1.165, 1.54) is 14.2 Å². The molecule has 0 aliphatic rings. The largest absolute Gasteiger partial charge is 0.493 e. The summed E-state index contributed by atoms with van der Waals surface area (Å²) in [5.74, 6) is -0.399. The molecule has 0 heterocycles. The summed E-state index contributed by atoms with van der Waals surface area (Å²) in [6.07, 6.45) is 0. The number of hydrogen-bond acceptors (Lipinski definition) is 4. The summed E-state index contributed by atoms with van der Waals surface area (Å²) in [7, 11) is 2.88. The SMILES string of the molecule is COc1cc(C)c(C(=O)O)c(N)c1OC. The molecule has 0 saturated carbocycles.